The van der Waals surface area contributed by atoms with Gasteiger partial charge < -0.3 is 4.90 Å². The van der Waals surface area contributed by atoms with Crippen molar-refractivity contribution in [2.45, 2.75) is 25.2 Å². The van der Waals surface area contributed by atoms with Crippen molar-refractivity contribution in [2.75, 3.05) is 11.4 Å². The molecule has 0 saturated carbocycles. The largest absolute Gasteiger partial charge is 0.312 e. The van der Waals surface area contributed by atoms with E-state index in [-0.39, 0.29) is 16.7 Å². The van der Waals surface area contributed by atoms with Crippen LogP contribution < -0.4 is 4.90 Å². The second kappa shape index (κ2) is 4.55. The van der Waals surface area contributed by atoms with Gasteiger partial charge in [-0.15, -0.1) is 0 Å². The van der Waals surface area contributed by atoms with E-state index in [1.807, 2.05) is 13.8 Å². The van der Waals surface area contributed by atoms with Crippen LogP contribution in [0.1, 0.15) is 19.4 Å². The molecule has 0 bridgehead atoms. The maximum Gasteiger partial charge on any atom is 0.261 e. The highest BCUT2D eigenvalue weighted by Gasteiger charge is 2.27. The van der Waals surface area contributed by atoms with Crippen LogP contribution in [0.25, 0.3) is 0 Å². The van der Waals surface area contributed by atoms with E-state index in [2.05, 4.69) is 0 Å². The zero-order valence-corrected chi connectivity index (χ0v) is 11.8. The lowest BCUT2D eigenvalue weighted by atomic mass is 10.1. The fraction of sp³-hybridized carbons (Fsp3) is 0.417. The van der Waals surface area contributed by atoms with Gasteiger partial charge in [0, 0.05) is 28.8 Å². The minimum Gasteiger partial charge on any atom is -0.312 e. The Balaban J connectivity index is 2.46. The molecule has 1 aromatic carbocycles. The molecule has 0 aromatic heterocycles. The second-order valence-electron chi connectivity index (χ2n) is 4.62. The predicted molar refractivity (Wildman–Crippen MR) is 70.4 cm³/mol. The number of rotatable bonds is 2. The number of hydrogen-bond acceptors (Lipinski definition) is 3. The Morgan fingerprint density at radius 3 is 2.61 bits per heavy atom. The summed E-state index contributed by atoms with van der Waals surface area (Å²) in [5.41, 5.74) is 1.64. The topological polar surface area (TPSA) is 54.5 Å². The first kappa shape index (κ1) is 13.4. The minimum atomic E-state index is -3.76. The Hall–Kier alpha value is -1.07. The lowest BCUT2D eigenvalue weighted by molar-refractivity contribution is -0.121. The van der Waals surface area contributed by atoms with Crippen LogP contribution in [0.5, 0.6) is 0 Å². The first-order valence-corrected chi connectivity index (χ1v) is 8.00. The van der Waals surface area contributed by atoms with Crippen molar-refractivity contribution in [3.63, 3.8) is 0 Å². The number of anilines is 1. The van der Waals surface area contributed by atoms with Gasteiger partial charge in [0.05, 0.1) is 4.90 Å². The van der Waals surface area contributed by atoms with Crippen molar-refractivity contribution in [3.05, 3.63) is 23.8 Å². The molecular formula is C12H14ClNO3S. The van der Waals surface area contributed by atoms with Gasteiger partial charge in [0.15, 0.2) is 0 Å². The SMILES string of the molecule is CC(C)C(=O)N1CCc2ccc(S(=O)(=O)Cl)cc21. The van der Waals surface area contributed by atoms with Crippen LogP contribution in [-0.4, -0.2) is 20.9 Å². The van der Waals surface area contributed by atoms with E-state index in [1.165, 1.54) is 12.1 Å². The molecule has 0 saturated heterocycles. The summed E-state index contributed by atoms with van der Waals surface area (Å²) in [7, 11) is 1.56. The van der Waals surface area contributed by atoms with E-state index < -0.39 is 9.05 Å². The number of nitrogens with zero attached hydrogens (tertiary/aromatic N) is 1. The first-order valence-electron chi connectivity index (χ1n) is 5.69. The monoisotopic (exact) mass is 287 g/mol. The van der Waals surface area contributed by atoms with Gasteiger partial charge in [-0.05, 0) is 24.1 Å². The van der Waals surface area contributed by atoms with Gasteiger partial charge in [-0.25, -0.2) is 8.42 Å². The van der Waals surface area contributed by atoms with Crippen molar-refractivity contribution < 1.29 is 13.2 Å². The Morgan fingerprint density at radius 1 is 1.39 bits per heavy atom. The molecular weight excluding hydrogens is 274 g/mol. The van der Waals surface area contributed by atoms with Gasteiger partial charge in [-0.2, -0.15) is 0 Å². The average molecular weight is 288 g/mol. The highest BCUT2D eigenvalue weighted by atomic mass is 35.7. The maximum absolute atomic E-state index is 12.0. The number of benzene rings is 1. The van der Waals surface area contributed by atoms with Crippen molar-refractivity contribution in [1.82, 2.24) is 0 Å². The van der Waals surface area contributed by atoms with Gasteiger partial charge >= 0.3 is 0 Å². The summed E-state index contributed by atoms with van der Waals surface area (Å²) >= 11 is 0. The molecule has 18 heavy (non-hydrogen) atoms. The summed E-state index contributed by atoms with van der Waals surface area (Å²) in [6, 6.07) is 4.67. The fourth-order valence-electron chi connectivity index (χ4n) is 2.05. The molecule has 1 aliphatic rings. The smallest absolute Gasteiger partial charge is 0.261 e. The summed E-state index contributed by atoms with van der Waals surface area (Å²) in [4.78, 5) is 13.7. The van der Waals surface area contributed by atoms with Crippen LogP contribution in [0.2, 0.25) is 0 Å². The van der Waals surface area contributed by atoms with Crippen LogP contribution in [0.4, 0.5) is 5.69 Å². The molecule has 0 unspecified atom stereocenters. The highest BCUT2D eigenvalue weighted by molar-refractivity contribution is 8.13. The molecule has 0 fully saturated rings. The Morgan fingerprint density at radius 2 is 2.06 bits per heavy atom. The summed E-state index contributed by atoms with van der Waals surface area (Å²) < 4.78 is 22.6. The Kier molecular flexibility index (Phi) is 3.38. The van der Waals surface area contributed by atoms with Crippen LogP contribution in [-0.2, 0) is 20.3 Å². The molecule has 0 atom stereocenters. The maximum atomic E-state index is 12.0. The normalized spacial score (nSPS) is 15.0. The van der Waals surface area contributed by atoms with Gasteiger partial charge in [0.25, 0.3) is 9.05 Å². The first-order chi connectivity index (χ1) is 8.30. The summed E-state index contributed by atoms with van der Waals surface area (Å²) in [6.07, 6.45) is 0.746. The number of hydrogen-bond donors (Lipinski definition) is 0. The highest BCUT2D eigenvalue weighted by Crippen LogP contribution is 2.32. The van der Waals surface area contributed by atoms with E-state index in [0.717, 1.165) is 12.0 Å². The number of halogens is 1. The zero-order chi connectivity index (χ0) is 13.5. The van der Waals surface area contributed by atoms with Crippen molar-refractivity contribution in [2.24, 2.45) is 5.92 Å². The molecule has 2 rings (SSSR count). The number of carbonyl (C=O) groups excluding carboxylic acids is 1. The number of fused-ring (bicyclic) bond motifs is 1. The van der Waals surface area contributed by atoms with Gasteiger partial charge in [-0.3, -0.25) is 4.79 Å². The summed E-state index contributed by atoms with van der Waals surface area (Å²) in [6.45, 7) is 4.24. The lowest BCUT2D eigenvalue weighted by Gasteiger charge is -2.19. The molecule has 1 amide bonds. The van der Waals surface area contributed by atoms with E-state index in [1.54, 1.807) is 11.0 Å². The van der Waals surface area contributed by atoms with Crippen molar-refractivity contribution >= 4 is 31.3 Å². The van der Waals surface area contributed by atoms with E-state index in [0.29, 0.717) is 12.2 Å². The molecule has 0 aliphatic carbocycles. The van der Waals surface area contributed by atoms with E-state index in [4.69, 9.17) is 10.7 Å². The molecule has 0 N–H and O–H groups in total. The predicted octanol–water partition coefficient (Wildman–Crippen LogP) is 2.16. The third-order valence-electron chi connectivity index (χ3n) is 2.99. The van der Waals surface area contributed by atoms with Crippen LogP contribution >= 0.6 is 10.7 Å². The second-order valence-corrected chi connectivity index (χ2v) is 7.19. The third kappa shape index (κ3) is 2.37. The average Bonchev–Trinajstić information content (AvgIpc) is 2.69. The Labute approximate surface area is 111 Å². The summed E-state index contributed by atoms with van der Waals surface area (Å²) in [5, 5.41) is 0. The molecule has 98 valence electrons. The quantitative estimate of drug-likeness (QED) is 0.783. The van der Waals surface area contributed by atoms with E-state index in [9.17, 15) is 13.2 Å². The van der Waals surface area contributed by atoms with Gasteiger partial charge in [0.2, 0.25) is 5.91 Å². The van der Waals surface area contributed by atoms with Crippen LogP contribution in [0, 0.1) is 5.92 Å². The summed E-state index contributed by atoms with van der Waals surface area (Å²) in [5.74, 6) is -0.120. The minimum absolute atomic E-state index is 0.00197. The third-order valence-corrected chi connectivity index (χ3v) is 4.35. The molecule has 6 heteroatoms. The molecule has 0 spiro atoms. The van der Waals surface area contributed by atoms with Crippen LogP contribution in [0.3, 0.4) is 0 Å². The lowest BCUT2D eigenvalue weighted by Crippen LogP contribution is -2.32. The Bertz CT molecular complexity index is 595. The van der Waals surface area contributed by atoms with Crippen molar-refractivity contribution in [1.29, 1.82) is 0 Å². The van der Waals surface area contributed by atoms with Gasteiger partial charge in [-0.1, -0.05) is 19.9 Å². The number of carbonyl (C=O) groups is 1. The number of amides is 1. The van der Waals surface area contributed by atoms with Crippen molar-refractivity contribution in [3.8, 4) is 0 Å². The molecule has 1 heterocycles. The van der Waals surface area contributed by atoms with E-state index >= 15 is 0 Å². The molecule has 4 nitrogen and oxygen atoms in total. The zero-order valence-electron chi connectivity index (χ0n) is 10.2. The van der Waals surface area contributed by atoms with Gasteiger partial charge in [0.1, 0.15) is 0 Å². The standard InChI is InChI=1S/C12H14ClNO3S/c1-8(2)12(15)14-6-5-9-3-4-10(7-11(9)14)18(13,16)17/h3-4,7-8H,5-6H2,1-2H3. The molecule has 0 radical (unpaired) electrons. The van der Waals surface area contributed by atoms with Crippen LogP contribution in [0.15, 0.2) is 23.1 Å². The molecule has 1 aliphatic heterocycles. The molecule has 1 aromatic rings. The fourth-order valence-corrected chi connectivity index (χ4v) is 2.82.